The van der Waals surface area contributed by atoms with Crippen LogP contribution in [0, 0.1) is 0 Å². The Bertz CT molecular complexity index is 860. The second-order valence-electron chi connectivity index (χ2n) is 6.79. The number of aromatic nitrogens is 1. The Hall–Kier alpha value is -2.50. The summed E-state index contributed by atoms with van der Waals surface area (Å²) in [5.74, 6) is 0.853. The Labute approximate surface area is 154 Å². The molecule has 0 atom stereocenters. The number of nitrogens with zero attached hydrogens (tertiary/aromatic N) is 2. The number of rotatable bonds is 6. The normalized spacial score (nSPS) is 11.3. The van der Waals surface area contributed by atoms with Crippen molar-refractivity contribution >= 4 is 16.7 Å². The van der Waals surface area contributed by atoms with Crippen LogP contribution in [0.1, 0.15) is 45.0 Å². The highest BCUT2D eigenvalue weighted by Gasteiger charge is 2.25. The van der Waals surface area contributed by atoms with E-state index in [2.05, 4.69) is 0 Å². The third-order valence-electron chi connectivity index (χ3n) is 4.51. The number of carbonyl (C=O) groups is 1. The van der Waals surface area contributed by atoms with Crippen molar-refractivity contribution < 1.29 is 14.3 Å². The fourth-order valence-electron chi connectivity index (χ4n) is 3.33. The van der Waals surface area contributed by atoms with Gasteiger partial charge in [0.25, 0.3) is 11.5 Å². The van der Waals surface area contributed by atoms with Crippen molar-refractivity contribution in [1.82, 2.24) is 9.47 Å². The summed E-state index contributed by atoms with van der Waals surface area (Å²) in [6.07, 6.45) is 1.65. The Kier molecular flexibility index (Phi) is 5.95. The molecule has 1 heterocycles. The first-order valence-corrected chi connectivity index (χ1v) is 8.88. The molecule has 0 aliphatic rings. The van der Waals surface area contributed by atoms with Gasteiger partial charge in [0.1, 0.15) is 0 Å². The van der Waals surface area contributed by atoms with Gasteiger partial charge < -0.3 is 18.9 Å². The van der Waals surface area contributed by atoms with E-state index in [0.29, 0.717) is 34.4 Å². The van der Waals surface area contributed by atoms with Crippen LogP contribution in [0.2, 0.25) is 0 Å². The van der Waals surface area contributed by atoms with E-state index in [9.17, 15) is 9.59 Å². The van der Waals surface area contributed by atoms with Crippen LogP contribution in [0.15, 0.2) is 23.1 Å². The summed E-state index contributed by atoms with van der Waals surface area (Å²) >= 11 is 0. The molecule has 1 amide bonds. The lowest BCUT2D eigenvalue weighted by atomic mass is 10.0. The predicted molar refractivity (Wildman–Crippen MR) is 103 cm³/mol. The summed E-state index contributed by atoms with van der Waals surface area (Å²) in [6, 6.07) is 3.44. The summed E-state index contributed by atoms with van der Waals surface area (Å²) in [4.78, 5) is 27.9. The summed E-state index contributed by atoms with van der Waals surface area (Å²) in [6.45, 7) is 10.3. The van der Waals surface area contributed by atoms with Crippen LogP contribution in [-0.2, 0) is 6.54 Å². The van der Waals surface area contributed by atoms with Gasteiger partial charge in [0.15, 0.2) is 11.5 Å². The van der Waals surface area contributed by atoms with E-state index in [1.54, 1.807) is 22.9 Å². The Balaban J connectivity index is 2.86. The highest BCUT2D eigenvalue weighted by Crippen LogP contribution is 2.33. The van der Waals surface area contributed by atoms with Crippen molar-refractivity contribution in [2.75, 3.05) is 14.2 Å². The molecule has 1 aromatic heterocycles. The lowest BCUT2D eigenvalue weighted by molar-refractivity contribution is 0.0645. The van der Waals surface area contributed by atoms with Crippen molar-refractivity contribution in [3.05, 3.63) is 34.2 Å². The van der Waals surface area contributed by atoms with Crippen molar-refractivity contribution in [2.45, 2.75) is 53.2 Å². The first-order chi connectivity index (χ1) is 12.3. The molecular weight excluding hydrogens is 332 g/mol. The third-order valence-corrected chi connectivity index (χ3v) is 4.51. The zero-order chi connectivity index (χ0) is 19.6. The summed E-state index contributed by atoms with van der Waals surface area (Å²) < 4.78 is 12.3. The second kappa shape index (κ2) is 7.81. The van der Waals surface area contributed by atoms with E-state index in [-0.39, 0.29) is 23.6 Å². The molecule has 26 heavy (non-hydrogen) atoms. The van der Waals surface area contributed by atoms with E-state index in [0.717, 1.165) is 0 Å². The number of benzene rings is 1. The molecular formula is C20H28N2O4. The minimum Gasteiger partial charge on any atom is -0.493 e. The quantitative estimate of drug-likeness (QED) is 0.793. The molecule has 6 heteroatoms. The Morgan fingerprint density at radius 2 is 1.54 bits per heavy atom. The van der Waals surface area contributed by atoms with Crippen molar-refractivity contribution in [3.63, 3.8) is 0 Å². The average molecular weight is 360 g/mol. The van der Waals surface area contributed by atoms with Crippen LogP contribution in [-0.4, -0.2) is 41.7 Å². The molecule has 0 saturated carbocycles. The maximum Gasteiger partial charge on any atom is 0.258 e. The minimum absolute atomic E-state index is 0.0414. The standard InChI is InChI=1S/C20H28N2O4/c1-8-21-11-16(20(24)22(12(2)3)13(4)5)14-9-17(25-6)18(26-7)10-15(14)19(21)23/h9-13H,8H2,1-7H3. The molecule has 0 radical (unpaired) electrons. The molecule has 0 saturated heterocycles. The number of aryl methyl sites for hydroxylation is 1. The zero-order valence-electron chi connectivity index (χ0n) is 16.6. The van der Waals surface area contributed by atoms with E-state index in [1.165, 1.54) is 14.2 Å². The average Bonchev–Trinajstić information content (AvgIpc) is 2.60. The molecule has 0 aliphatic carbocycles. The maximum absolute atomic E-state index is 13.3. The molecule has 1 aromatic carbocycles. The van der Waals surface area contributed by atoms with Gasteiger partial charge in [-0.15, -0.1) is 0 Å². The summed E-state index contributed by atoms with van der Waals surface area (Å²) in [5, 5.41) is 1.02. The van der Waals surface area contributed by atoms with Crippen LogP contribution in [0.5, 0.6) is 11.5 Å². The molecule has 6 nitrogen and oxygen atoms in total. The SMILES string of the molecule is CCn1cc(C(=O)N(C(C)C)C(C)C)c2cc(OC)c(OC)cc2c1=O. The van der Waals surface area contributed by atoms with Gasteiger partial charge in [0.2, 0.25) is 0 Å². The van der Waals surface area contributed by atoms with Gasteiger partial charge in [0.05, 0.1) is 25.2 Å². The molecule has 2 aromatic rings. The van der Waals surface area contributed by atoms with Crippen molar-refractivity contribution in [3.8, 4) is 11.5 Å². The van der Waals surface area contributed by atoms with Crippen LogP contribution >= 0.6 is 0 Å². The number of methoxy groups -OCH3 is 2. The number of amides is 1. The third kappa shape index (κ3) is 3.41. The molecule has 0 N–H and O–H groups in total. The molecule has 0 spiro atoms. The zero-order valence-corrected chi connectivity index (χ0v) is 16.6. The highest BCUT2D eigenvalue weighted by molar-refractivity contribution is 6.07. The van der Waals surface area contributed by atoms with Crippen LogP contribution < -0.4 is 15.0 Å². The Morgan fingerprint density at radius 3 is 1.96 bits per heavy atom. The van der Waals surface area contributed by atoms with E-state index >= 15 is 0 Å². The predicted octanol–water partition coefficient (Wildman–Crippen LogP) is 3.30. The van der Waals surface area contributed by atoms with Gasteiger partial charge >= 0.3 is 0 Å². The van der Waals surface area contributed by atoms with E-state index < -0.39 is 0 Å². The van der Waals surface area contributed by atoms with Gasteiger partial charge in [0, 0.05) is 30.2 Å². The molecule has 0 aliphatic heterocycles. The van der Waals surface area contributed by atoms with Gasteiger partial charge in [-0.25, -0.2) is 0 Å². The first kappa shape index (κ1) is 19.8. The van der Waals surface area contributed by atoms with Gasteiger partial charge in [-0.2, -0.15) is 0 Å². The smallest absolute Gasteiger partial charge is 0.258 e. The summed E-state index contributed by atoms with van der Waals surface area (Å²) in [5.41, 5.74) is 0.338. The number of pyridine rings is 1. The minimum atomic E-state index is -0.152. The van der Waals surface area contributed by atoms with Crippen LogP contribution in [0.4, 0.5) is 0 Å². The number of ether oxygens (including phenoxy) is 2. The van der Waals surface area contributed by atoms with Crippen LogP contribution in [0.3, 0.4) is 0 Å². The largest absolute Gasteiger partial charge is 0.493 e. The van der Waals surface area contributed by atoms with Gasteiger partial charge in [-0.1, -0.05) is 0 Å². The first-order valence-electron chi connectivity index (χ1n) is 8.88. The van der Waals surface area contributed by atoms with Gasteiger partial charge in [-0.3, -0.25) is 9.59 Å². The molecule has 0 bridgehead atoms. The van der Waals surface area contributed by atoms with Crippen molar-refractivity contribution in [2.24, 2.45) is 0 Å². The number of hydrogen-bond acceptors (Lipinski definition) is 4. The molecule has 2 rings (SSSR count). The fraction of sp³-hybridized carbons (Fsp3) is 0.500. The molecule has 0 fully saturated rings. The lowest BCUT2D eigenvalue weighted by Gasteiger charge is -2.31. The molecule has 142 valence electrons. The fourth-order valence-corrected chi connectivity index (χ4v) is 3.33. The number of carbonyl (C=O) groups excluding carboxylic acids is 1. The van der Waals surface area contributed by atoms with Gasteiger partial charge in [-0.05, 0) is 46.8 Å². The van der Waals surface area contributed by atoms with E-state index in [1.807, 2.05) is 39.5 Å². The summed E-state index contributed by atoms with van der Waals surface area (Å²) in [7, 11) is 3.06. The van der Waals surface area contributed by atoms with Crippen molar-refractivity contribution in [1.29, 1.82) is 0 Å². The maximum atomic E-state index is 13.3. The van der Waals surface area contributed by atoms with Crippen LogP contribution in [0.25, 0.3) is 10.8 Å². The monoisotopic (exact) mass is 360 g/mol. The lowest BCUT2D eigenvalue weighted by Crippen LogP contribution is -2.42. The highest BCUT2D eigenvalue weighted by atomic mass is 16.5. The Morgan fingerprint density at radius 1 is 1.04 bits per heavy atom. The second-order valence-corrected chi connectivity index (χ2v) is 6.79. The van der Waals surface area contributed by atoms with E-state index in [4.69, 9.17) is 9.47 Å². The topological polar surface area (TPSA) is 60.8 Å². The number of fused-ring (bicyclic) bond motifs is 1. The number of hydrogen-bond donors (Lipinski definition) is 0. The molecule has 0 unspecified atom stereocenters.